The van der Waals surface area contributed by atoms with Gasteiger partial charge in [0, 0.05) is 10.4 Å². The molecule has 0 aliphatic heterocycles. The van der Waals surface area contributed by atoms with Crippen LogP contribution >= 0.6 is 11.3 Å². The maximum absolute atomic E-state index is 5.44. The van der Waals surface area contributed by atoms with Gasteiger partial charge in [0.25, 0.3) is 0 Å². The van der Waals surface area contributed by atoms with Crippen LogP contribution in [-0.2, 0) is 24.3 Å². The van der Waals surface area contributed by atoms with Crippen molar-refractivity contribution < 1.29 is 9.57 Å². The van der Waals surface area contributed by atoms with Gasteiger partial charge in [0.15, 0.2) is 18.1 Å². The minimum atomic E-state index is 0.196. The summed E-state index contributed by atoms with van der Waals surface area (Å²) in [4.78, 5) is 17.3. The van der Waals surface area contributed by atoms with E-state index in [-0.39, 0.29) is 6.61 Å². The third-order valence-electron chi connectivity index (χ3n) is 5.18. The van der Waals surface area contributed by atoms with Crippen LogP contribution in [0.1, 0.15) is 41.1 Å². The number of para-hydroxylation sites is 1. The zero-order valence-corrected chi connectivity index (χ0v) is 17.0. The Morgan fingerprint density at radius 2 is 2.10 bits per heavy atom. The Morgan fingerprint density at radius 1 is 1.21 bits per heavy atom. The topological polar surface area (TPSA) is 73.9 Å². The van der Waals surface area contributed by atoms with Gasteiger partial charge in [-0.25, -0.2) is 14.5 Å². The van der Waals surface area contributed by atoms with Gasteiger partial charge >= 0.3 is 0 Å². The minimum absolute atomic E-state index is 0.196. The molecule has 8 heteroatoms. The lowest BCUT2D eigenvalue weighted by atomic mass is 10.1. The molecule has 1 aliphatic rings. The Kier molecular flexibility index (Phi) is 4.85. The summed E-state index contributed by atoms with van der Waals surface area (Å²) in [6, 6.07) is 7.64. The molecule has 0 radical (unpaired) electrons. The van der Waals surface area contributed by atoms with Crippen LogP contribution in [0.15, 0.2) is 35.7 Å². The first-order valence-electron chi connectivity index (χ1n) is 9.76. The van der Waals surface area contributed by atoms with Crippen molar-refractivity contribution in [3.8, 4) is 5.75 Å². The molecule has 0 atom stereocenters. The first-order valence-corrected chi connectivity index (χ1v) is 10.6. The van der Waals surface area contributed by atoms with E-state index < -0.39 is 0 Å². The number of fused-ring (bicyclic) bond motifs is 5. The highest BCUT2D eigenvalue weighted by Crippen LogP contribution is 2.36. The van der Waals surface area contributed by atoms with Crippen LogP contribution in [0.2, 0.25) is 0 Å². The largest absolute Gasteiger partial charge is 0.496 e. The van der Waals surface area contributed by atoms with Gasteiger partial charge in [-0.3, -0.25) is 0 Å². The Hall–Kier alpha value is -3.00. The van der Waals surface area contributed by atoms with Crippen LogP contribution < -0.4 is 4.74 Å². The van der Waals surface area contributed by atoms with Gasteiger partial charge in [0.1, 0.15) is 16.9 Å². The third-order valence-corrected chi connectivity index (χ3v) is 6.38. The number of hydrogen-bond donors (Lipinski definition) is 0. The number of nitrogens with zero attached hydrogens (tertiary/aromatic N) is 5. The SMILES string of the molecule is COc1ccccc1C=NOCc1nc2c3c4c(sc3ncn2n1)CCCCC4. The van der Waals surface area contributed by atoms with E-state index in [0.29, 0.717) is 5.82 Å². The van der Waals surface area contributed by atoms with E-state index >= 15 is 0 Å². The summed E-state index contributed by atoms with van der Waals surface area (Å²) in [5.74, 6) is 1.34. The predicted octanol–water partition coefficient (Wildman–Crippen LogP) is 4.17. The van der Waals surface area contributed by atoms with E-state index in [4.69, 9.17) is 14.6 Å². The number of aryl methyl sites for hydroxylation is 2. The minimum Gasteiger partial charge on any atom is -0.496 e. The number of benzene rings is 1. The second kappa shape index (κ2) is 7.79. The molecule has 0 amide bonds. The van der Waals surface area contributed by atoms with E-state index in [1.807, 2.05) is 24.3 Å². The van der Waals surface area contributed by atoms with Crippen LogP contribution in [0.25, 0.3) is 15.9 Å². The highest BCUT2D eigenvalue weighted by molar-refractivity contribution is 7.19. The molecule has 0 N–H and O–H groups in total. The predicted molar refractivity (Wildman–Crippen MR) is 113 cm³/mol. The van der Waals surface area contributed by atoms with Crippen LogP contribution in [-0.4, -0.2) is 32.9 Å². The summed E-state index contributed by atoms with van der Waals surface area (Å²) in [5, 5.41) is 9.72. The van der Waals surface area contributed by atoms with E-state index in [9.17, 15) is 0 Å². The number of methoxy groups -OCH3 is 1. The molecule has 3 aromatic heterocycles. The van der Waals surface area contributed by atoms with Crippen molar-refractivity contribution in [2.24, 2.45) is 5.16 Å². The molecule has 29 heavy (non-hydrogen) atoms. The van der Waals surface area contributed by atoms with Crippen molar-refractivity contribution in [1.29, 1.82) is 0 Å². The van der Waals surface area contributed by atoms with E-state index in [0.717, 1.165) is 40.0 Å². The second-order valence-electron chi connectivity index (χ2n) is 7.04. The summed E-state index contributed by atoms with van der Waals surface area (Å²) in [7, 11) is 1.63. The number of hydrogen-bond acceptors (Lipinski definition) is 7. The molecule has 0 spiro atoms. The van der Waals surface area contributed by atoms with Crippen LogP contribution in [0, 0.1) is 0 Å². The van der Waals surface area contributed by atoms with Crippen molar-refractivity contribution in [1.82, 2.24) is 19.6 Å². The van der Waals surface area contributed by atoms with Crippen molar-refractivity contribution in [3.63, 3.8) is 0 Å². The maximum atomic E-state index is 5.44. The molecule has 0 saturated heterocycles. The van der Waals surface area contributed by atoms with Gasteiger partial charge in [0.05, 0.1) is 18.7 Å². The average molecular weight is 407 g/mol. The summed E-state index contributed by atoms with van der Waals surface area (Å²) in [6.45, 7) is 0.196. The highest BCUT2D eigenvalue weighted by atomic mass is 32.1. The molecular weight excluding hydrogens is 386 g/mol. The van der Waals surface area contributed by atoms with E-state index in [1.165, 1.54) is 29.7 Å². The van der Waals surface area contributed by atoms with Gasteiger partial charge in [-0.15, -0.1) is 16.4 Å². The molecule has 1 aliphatic carbocycles. The van der Waals surface area contributed by atoms with Gasteiger partial charge in [-0.2, -0.15) is 0 Å². The molecule has 0 unspecified atom stereocenters. The van der Waals surface area contributed by atoms with Crippen molar-refractivity contribution in [3.05, 3.63) is 52.4 Å². The fraction of sp³-hybridized carbons (Fsp3) is 0.333. The lowest BCUT2D eigenvalue weighted by molar-refractivity contribution is 0.126. The number of ether oxygens (including phenoxy) is 1. The highest BCUT2D eigenvalue weighted by Gasteiger charge is 2.20. The van der Waals surface area contributed by atoms with Crippen molar-refractivity contribution >= 4 is 33.4 Å². The van der Waals surface area contributed by atoms with E-state index in [1.54, 1.807) is 35.5 Å². The van der Waals surface area contributed by atoms with Crippen LogP contribution in [0.5, 0.6) is 5.75 Å². The molecule has 148 valence electrons. The second-order valence-corrected chi connectivity index (χ2v) is 8.12. The first kappa shape index (κ1) is 18.1. The van der Waals surface area contributed by atoms with Crippen LogP contribution in [0.3, 0.4) is 0 Å². The van der Waals surface area contributed by atoms with Gasteiger partial charge in [-0.1, -0.05) is 23.7 Å². The zero-order chi connectivity index (χ0) is 19.6. The molecule has 0 bridgehead atoms. The molecule has 5 rings (SSSR count). The zero-order valence-electron chi connectivity index (χ0n) is 16.2. The number of oxime groups is 1. The van der Waals surface area contributed by atoms with E-state index in [2.05, 4.69) is 15.2 Å². The molecular formula is C21H21N5O2S. The Labute approximate surface area is 172 Å². The maximum Gasteiger partial charge on any atom is 0.192 e. The number of thiophene rings is 1. The molecule has 0 fully saturated rings. The third kappa shape index (κ3) is 3.44. The Balaban J connectivity index is 1.39. The normalized spacial score (nSPS) is 14.4. The van der Waals surface area contributed by atoms with Crippen molar-refractivity contribution in [2.45, 2.75) is 38.7 Å². The molecule has 7 nitrogen and oxygen atoms in total. The summed E-state index contributed by atoms with van der Waals surface area (Å²) < 4.78 is 7.06. The smallest absolute Gasteiger partial charge is 0.192 e. The Morgan fingerprint density at radius 3 is 3.03 bits per heavy atom. The standard InChI is InChI=1S/C21H21N5O2S/c1-27-16-9-6-5-7-14(16)11-23-28-12-18-24-20-19-15-8-3-2-4-10-17(15)29-21(19)22-13-26(20)25-18/h5-7,9,11,13H,2-4,8,10,12H2,1H3. The lowest BCUT2D eigenvalue weighted by Crippen LogP contribution is -1.94. The van der Waals surface area contributed by atoms with Crippen molar-refractivity contribution in [2.75, 3.05) is 7.11 Å². The lowest BCUT2D eigenvalue weighted by Gasteiger charge is -2.02. The first-order chi connectivity index (χ1) is 14.3. The van der Waals surface area contributed by atoms with Gasteiger partial charge in [0.2, 0.25) is 0 Å². The fourth-order valence-corrected chi connectivity index (χ4v) is 5.02. The number of rotatable bonds is 5. The quantitative estimate of drug-likeness (QED) is 0.282. The number of aromatic nitrogens is 4. The van der Waals surface area contributed by atoms with Crippen LogP contribution in [0.4, 0.5) is 0 Å². The molecule has 0 saturated carbocycles. The van der Waals surface area contributed by atoms with Gasteiger partial charge in [-0.05, 0) is 43.4 Å². The summed E-state index contributed by atoms with van der Waals surface area (Å²) in [5.41, 5.74) is 3.13. The molecule has 1 aromatic carbocycles. The monoisotopic (exact) mass is 407 g/mol. The molecule has 3 heterocycles. The average Bonchev–Trinajstić information content (AvgIpc) is 3.24. The fourth-order valence-electron chi connectivity index (χ4n) is 3.80. The summed E-state index contributed by atoms with van der Waals surface area (Å²) >= 11 is 1.80. The van der Waals surface area contributed by atoms with Gasteiger partial charge < -0.3 is 9.57 Å². The Bertz CT molecular complexity index is 1200. The molecule has 4 aromatic rings. The summed E-state index contributed by atoms with van der Waals surface area (Å²) in [6.07, 6.45) is 9.38.